The number of alkyl halides is 2. The lowest BCUT2D eigenvalue weighted by atomic mass is 9.92. The summed E-state index contributed by atoms with van der Waals surface area (Å²) in [5.41, 5.74) is 0. The molecule has 0 aromatic carbocycles. The van der Waals surface area contributed by atoms with Gasteiger partial charge in [0.2, 0.25) is 5.92 Å². The van der Waals surface area contributed by atoms with Crippen LogP contribution in [-0.4, -0.2) is 22.1 Å². The minimum atomic E-state index is -2.39. The van der Waals surface area contributed by atoms with Gasteiger partial charge in [-0.3, -0.25) is 0 Å². The maximum atomic E-state index is 12.6. The lowest BCUT2D eigenvalue weighted by molar-refractivity contribution is -0.0437. The van der Waals surface area contributed by atoms with Crippen LogP contribution in [0.5, 0.6) is 0 Å². The zero-order chi connectivity index (χ0) is 8.48. The second-order valence-electron chi connectivity index (χ2n) is 3.11. The zero-order valence-corrected chi connectivity index (χ0v) is 8.64. The van der Waals surface area contributed by atoms with E-state index in [1.807, 2.05) is 10.2 Å². The summed E-state index contributed by atoms with van der Waals surface area (Å²) in [4.78, 5) is 0. The van der Waals surface area contributed by atoms with Gasteiger partial charge < -0.3 is 0 Å². The topological polar surface area (TPSA) is 3.24 Å². The Morgan fingerprint density at radius 1 is 1.36 bits per heavy atom. The smallest absolute Gasteiger partial charge is 0.248 e. The maximum absolute atomic E-state index is 12.6. The molecule has 4 heteroatoms. The van der Waals surface area contributed by atoms with E-state index in [0.29, 0.717) is 18.9 Å². The average molecular weight is 275 g/mol. The van der Waals surface area contributed by atoms with Gasteiger partial charge in [0.15, 0.2) is 0 Å². The van der Waals surface area contributed by atoms with E-state index in [0.717, 1.165) is 0 Å². The summed E-state index contributed by atoms with van der Waals surface area (Å²) in [6.45, 7) is 0. The van der Waals surface area contributed by atoms with Crippen LogP contribution >= 0.6 is 22.9 Å². The summed E-state index contributed by atoms with van der Waals surface area (Å²) in [7, 11) is 1.94. The predicted octanol–water partition coefficient (Wildman–Crippen LogP) is 2.85. The molecular weight excluding hydrogens is 263 g/mol. The third kappa shape index (κ3) is 2.82. The Bertz CT molecular complexity index is 128. The van der Waals surface area contributed by atoms with E-state index in [9.17, 15) is 8.78 Å². The highest BCUT2D eigenvalue weighted by atomic mass is 127. The van der Waals surface area contributed by atoms with Crippen LogP contribution in [0, 0.1) is 0 Å². The van der Waals surface area contributed by atoms with Crippen molar-refractivity contribution in [1.29, 1.82) is 0 Å². The van der Waals surface area contributed by atoms with E-state index in [-0.39, 0.29) is 12.8 Å². The molecule has 1 nitrogen and oxygen atoms in total. The molecule has 0 aromatic heterocycles. The van der Waals surface area contributed by atoms with Gasteiger partial charge in [0.05, 0.1) is 0 Å². The van der Waals surface area contributed by atoms with Crippen molar-refractivity contribution >= 4 is 22.9 Å². The first kappa shape index (κ1) is 9.64. The molecule has 1 fully saturated rings. The Hall–Kier alpha value is 0.550. The summed E-state index contributed by atoms with van der Waals surface area (Å²) in [6, 6.07) is 0.357. The summed E-state index contributed by atoms with van der Waals surface area (Å²) in [5.74, 6) is -2.39. The Kier molecular flexibility index (Phi) is 3.08. The third-order valence-corrected chi connectivity index (χ3v) is 2.98. The van der Waals surface area contributed by atoms with Gasteiger partial charge in [-0.05, 0) is 19.9 Å². The molecule has 11 heavy (non-hydrogen) atoms. The van der Waals surface area contributed by atoms with Crippen molar-refractivity contribution in [2.75, 3.05) is 7.05 Å². The van der Waals surface area contributed by atoms with Crippen molar-refractivity contribution in [3.8, 4) is 0 Å². The fourth-order valence-electron chi connectivity index (χ4n) is 1.38. The van der Waals surface area contributed by atoms with E-state index < -0.39 is 5.92 Å². The van der Waals surface area contributed by atoms with Crippen molar-refractivity contribution in [2.45, 2.75) is 37.6 Å². The Balaban J connectivity index is 2.36. The van der Waals surface area contributed by atoms with E-state index >= 15 is 0 Å². The van der Waals surface area contributed by atoms with Crippen LogP contribution in [0.15, 0.2) is 0 Å². The van der Waals surface area contributed by atoms with Gasteiger partial charge in [-0.25, -0.2) is 11.9 Å². The third-order valence-electron chi connectivity index (χ3n) is 2.19. The highest BCUT2D eigenvalue weighted by Gasteiger charge is 2.35. The van der Waals surface area contributed by atoms with Crippen molar-refractivity contribution in [2.24, 2.45) is 0 Å². The van der Waals surface area contributed by atoms with Crippen molar-refractivity contribution < 1.29 is 8.78 Å². The van der Waals surface area contributed by atoms with Gasteiger partial charge in [-0.2, -0.15) is 0 Å². The van der Waals surface area contributed by atoms with Crippen LogP contribution in [0.25, 0.3) is 0 Å². The molecule has 0 aliphatic heterocycles. The molecule has 0 heterocycles. The van der Waals surface area contributed by atoms with Crippen molar-refractivity contribution in [3.63, 3.8) is 0 Å². The van der Waals surface area contributed by atoms with Gasteiger partial charge in [-0.1, -0.05) is 0 Å². The SMILES string of the molecule is CN(I)C1CCC(F)(F)CC1. The lowest BCUT2D eigenvalue weighted by Gasteiger charge is -2.31. The van der Waals surface area contributed by atoms with Crippen LogP contribution in [0.4, 0.5) is 8.78 Å². The molecule has 0 radical (unpaired) electrons. The number of hydrogen-bond acceptors (Lipinski definition) is 1. The normalized spacial score (nSPS) is 25.9. The summed E-state index contributed by atoms with van der Waals surface area (Å²) in [6.07, 6.45) is 1.38. The first-order valence-corrected chi connectivity index (χ1v) is 4.74. The zero-order valence-electron chi connectivity index (χ0n) is 6.49. The molecule has 1 aliphatic carbocycles. The standard InChI is InChI=1S/C7H12F2IN/c1-11(10)6-2-4-7(8,9)5-3-6/h6H,2-5H2,1H3. The van der Waals surface area contributed by atoms with Gasteiger partial charge in [0, 0.05) is 41.7 Å². The van der Waals surface area contributed by atoms with Gasteiger partial charge in [0.25, 0.3) is 0 Å². The lowest BCUT2D eigenvalue weighted by Crippen LogP contribution is -2.33. The Morgan fingerprint density at radius 3 is 2.18 bits per heavy atom. The highest BCUT2D eigenvalue weighted by Crippen LogP contribution is 2.35. The largest absolute Gasteiger partial charge is 0.248 e. The molecule has 66 valence electrons. The molecule has 0 spiro atoms. The highest BCUT2D eigenvalue weighted by molar-refractivity contribution is 14.1. The molecule has 0 N–H and O–H groups in total. The van der Waals surface area contributed by atoms with Gasteiger partial charge >= 0.3 is 0 Å². The molecular formula is C7H12F2IN. The fourth-order valence-corrected chi connectivity index (χ4v) is 1.94. The first-order chi connectivity index (χ1) is 5.01. The minimum absolute atomic E-state index is 0.0605. The van der Waals surface area contributed by atoms with Crippen LogP contribution in [0.1, 0.15) is 25.7 Å². The van der Waals surface area contributed by atoms with Crippen LogP contribution in [-0.2, 0) is 0 Å². The molecule has 0 atom stereocenters. The molecule has 0 aromatic rings. The Morgan fingerprint density at radius 2 is 1.82 bits per heavy atom. The van der Waals surface area contributed by atoms with Crippen molar-refractivity contribution in [1.82, 2.24) is 3.11 Å². The van der Waals surface area contributed by atoms with Gasteiger partial charge in [-0.15, -0.1) is 0 Å². The summed E-state index contributed by atoms with van der Waals surface area (Å²) >= 11 is 2.16. The molecule has 1 rings (SSSR count). The number of hydrogen-bond donors (Lipinski definition) is 0. The number of rotatable bonds is 1. The summed E-state index contributed by atoms with van der Waals surface area (Å²) < 4.78 is 27.2. The summed E-state index contributed by atoms with van der Waals surface area (Å²) in [5, 5.41) is 0. The molecule has 0 unspecified atom stereocenters. The molecule has 0 bridgehead atoms. The minimum Gasteiger partial charge on any atom is -0.248 e. The molecule has 1 saturated carbocycles. The van der Waals surface area contributed by atoms with E-state index in [1.165, 1.54) is 0 Å². The Labute approximate surface area is 79.6 Å². The maximum Gasteiger partial charge on any atom is 0.248 e. The first-order valence-electron chi connectivity index (χ1n) is 3.78. The second kappa shape index (κ2) is 3.51. The predicted molar refractivity (Wildman–Crippen MR) is 49.0 cm³/mol. The monoisotopic (exact) mass is 275 g/mol. The fraction of sp³-hybridized carbons (Fsp3) is 1.00. The molecule has 0 saturated heterocycles. The number of halogens is 3. The molecule has 1 aliphatic rings. The molecule has 0 amide bonds. The van der Waals surface area contributed by atoms with Crippen LogP contribution < -0.4 is 0 Å². The van der Waals surface area contributed by atoms with Crippen molar-refractivity contribution in [3.05, 3.63) is 0 Å². The van der Waals surface area contributed by atoms with E-state index in [1.54, 1.807) is 0 Å². The quantitative estimate of drug-likeness (QED) is 0.525. The van der Waals surface area contributed by atoms with E-state index in [4.69, 9.17) is 0 Å². The average Bonchev–Trinajstić information content (AvgIpc) is 1.86. The van der Waals surface area contributed by atoms with Crippen LogP contribution in [0.3, 0.4) is 0 Å². The van der Waals surface area contributed by atoms with Gasteiger partial charge in [0.1, 0.15) is 0 Å². The second-order valence-corrected chi connectivity index (χ2v) is 4.63. The van der Waals surface area contributed by atoms with E-state index in [2.05, 4.69) is 22.9 Å². The van der Waals surface area contributed by atoms with Crippen LogP contribution in [0.2, 0.25) is 0 Å². The number of nitrogens with zero attached hydrogens (tertiary/aromatic N) is 1.